The molecule has 0 amide bonds. The van der Waals surface area contributed by atoms with Gasteiger partial charge in [0.25, 0.3) is 0 Å². The second kappa shape index (κ2) is 9.14. The Kier molecular flexibility index (Phi) is 5.69. The molecule has 0 spiro atoms. The van der Waals surface area contributed by atoms with Crippen LogP contribution in [0.4, 0.5) is 26.1 Å². The van der Waals surface area contributed by atoms with Crippen molar-refractivity contribution in [1.82, 2.24) is 25.3 Å². The number of nitrogens with zero attached hydrogens (tertiary/aromatic N) is 5. The molecule has 0 radical (unpaired) electrons. The van der Waals surface area contributed by atoms with Crippen molar-refractivity contribution in [1.29, 1.82) is 0 Å². The van der Waals surface area contributed by atoms with Gasteiger partial charge in [-0.05, 0) is 48.6 Å². The van der Waals surface area contributed by atoms with E-state index in [2.05, 4.69) is 25.5 Å². The van der Waals surface area contributed by atoms with Crippen molar-refractivity contribution in [3.05, 3.63) is 66.1 Å². The van der Waals surface area contributed by atoms with Crippen LogP contribution in [0.2, 0.25) is 0 Å². The fourth-order valence-corrected chi connectivity index (χ4v) is 4.74. The number of fused-ring (bicyclic) bond motifs is 1. The topological polar surface area (TPSA) is 78.9 Å². The second-order valence-corrected chi connectivity index (χ2v) is 9.01. The van der Waals surface area contributed by atoms with E-state index in [1.54, 1.807) is 24.5 Å². The van der Waals surface area contributed by atoms with Crippen LogP contribution >= 0.6 is 0 Å². The standard InChI is InChI=1S/C26H25F2N7/c27-19-5-2-6-20(28)24(19)33-22-13-17(7-8-31-22)25-32-21-15-30-14-18(16-3-1-4-16)23(21)26(34-25)35-11-9-29-10-12-35/h2,5-8,13-16,29H,1,3-4,9-12H2,(H,31,33). The van der Waals surface area contributed by atoms with Gasteiger partial charge in [-0.1, -0.05) is 12.5 Å². The molecule has 178 valence electrons. The monoisotopic (exact) mass is 473 g/mol. The Morgan fingerprint density at radius 3 is 2.54 bits per heavy atom. The Morgan fingerprint density at radius 1 is 1.00 bits per heavy atom. The number of para-hydroxylation sites is 1. The summed E-state index contributed by atoms with van der Waals surface area (Å²) in [6.45, 7) is 3.49. The highest BCUT2D eigenvalue weighted by Crippen LogP contribution is 2.42. The zero-order valence-corrected chi connectivity index (χ0v) is 19.1. The fourth-order valence-electron chi connectivity index (χ4n) is 4.74. The first-order chi connectivity index (χ1) is 17.2. The van der Waals surface area contributed by atoms with Gasteiger partial charge in [0.05, 0.1) is 11.7 Å². The molecule has 6 rings (SSSR count). The lowest BCUT2D eigenvalue weighted by Crippen LogP contribution is -2.44. The Morgan fingerprint density at radius 2 is 1.80 bits per heavy atom. The van der Waals surface area contributed by atoms with Crippen LogP contribution < -0.4 is 15.5 Å². The van der Waals surface area contributed by atoms with Gasteiger partial charge in [-0.2, -0.15) is 0 Å². The first kappa shape index (κ1) is 21.8. The number of piperazine rings is 1. The van der Waals surface area contributed by atoms with Crippen molar-refractivity contribution in [3.8, 4) is 11.4 Å². The molecule has 1 saturated heterocycles. The Balaban J connectivity index is 1.44. The Hall–Kier alpha value is -3.72. The lowest BCUT2D eigenvalue weighted by molar-refractivity contribution is 0.421. The van der Waals surface area contributed by atoms with Gasteiger partial charge in [0, 0.05) is 49.5 Å². The maximum absolute atomic E-state index is 14.2. The molecule has 1 aliphatic heterocycles. The van der Waals surface area contributed by atoms with E-state index in [1.807, 2.05) is 6.20 Å². The third kappa shape index (κ3) is 4.16. The molecule has 35 heavy (non-hydrogen) atoms. The maximum Gasteiger partial charge on any atom is 0.162 e. The van der Waals surface area contributed by atoms with Crippen LogP contribution in [-0.2, 0) is 0 Å². The van der Waals surface area contributed by atoms with Gasteiger partial charge in [-0.25, -0.2) is 23.7 Å². The van der Waals surface area contributed by atoms with Crippen molar-refractivity contribution in [2.75, 3.05) is 36.4 Å². The van der Waals surface area contributed by atoms with Crippen LogP contribution in [0.15, 0.2) is 48.9 Å². The molecule has 2 N–H and O–H groups in total. The Labute approximate surface area is 201 Å². The van der Waals surface area contributed by atoms with E-state index in [0.29, 0.717) is 23.1 Å². The van der Waals surface area contributed by atoms with Crippen molar-refractivity contribution in [2.45, 2.75) is 25.2 Å². The number of pyridine rings is 2. The number of anilines is 3. The Bertz CT molecular complexity index is 1360. The fraction of sp³-hybridized carbons (Fsp3) is 0.308. The molecular formula is C26H25F2N7. The summed E-state index contributed by atoms with van der Waals surface area (Å²) in [6, 6.07) is 7.24. The van der Waals surface area contributed by atoms with E-state index in [0.717, 1.165) is 55.7 Å². The number of aromatic nitrogens is 4. The average molecular weight is 474 g/mol. The minimum atomic E-state index is -0.685. The second-order valence-electron chi connectivity index (χ2n) is 9.01. The molecule has 9 heteroatoms. The number of hydrogen-bond acceptors (Lipinski definition) is 7. The quantitative estimate of drug-likeness (QED) is 0.432. The van der Waals surface area contributed by atoms with Crippen LogP contribution in [0.3, 0.4) is 0 Å². The molecule has 1 saturated carbocycles. The molecule has 0 atom stereocenters. The molecule has 2 aliphatic rings. The molecule has 0 bridgehead atoms. The van der Waals surface area contributed by atoms with Gasteiger partial charge in [-0.3, -0.25) is 4.98 Å². The first-order valence-corrected chi connectivity index (χ1v) is 12.0. The van der Waals surface area contributed by atoms with Crippen LogP contribution in [0.5, 0.6) is 0 Å². The van der Waals surface area contributed by atoms with Crippen molar-refractivity contribution in [2.24, 2.45) is 0 Å². The number of benzene rings is 1. The number of nitrogens with one attached hydrogen (secondary N) is 2. The molecule has 4 heterocycles. The van der Waals surface area contributed by atoms with E-state index in [4.69, 9.17) is 9.97 Å². The van der Waals surface area contributed by atoms with Crippen molar-refractivity contribution >= 4 is 28.2 Å². The molecule has 1 aliphatic carbocycles. The molecule has 4 aromatic rings. The summed E-state index contributed by atoms with van der Waals surface area (Å²) >= 11 is 0. The summed E-state index contributed by atoms with van der Waals surface area (Å²) in [7, 11) is 0. The molecule has 2 fully saturated rings. The summed E-state index contributed by atoms with van der Waals surface area (Å²) in [5.41, 5.74) is 2.49. The third-order valence-electron chi connectivity index (χ3n) is 6.81. The van der Waals surface area contributed by atoms with E-state index >= 15 is 0 Å². The van der Waals surface area contributed by atoms with Crippen molar-refractivity contribution < 1.29 is 8.78 Å². The summed E-state index contributed by atoms with van der Waals surface area (Å²) in [6.07, 6.45) is 8.91. The normalized spacial score (nSPS) is 16.3. The number of halogens is 2. The van der Waals surface area contributed by atoms with Gasteiger partial charge in [0.15, 0.2) is 5.82 Å². The smallest absolute Gasteiger partial charge is 0.162 e. The van der Waals surface area contributed by atoms with Crippen molar-refractivity contribution in [3.63, 3.8) is 0 Å². The molecule has 3 aromatic heterocycles. The largest absolute Gasteiger partial charge is 0.353 e. The zero-order valence-electron chi connectivity index (χ0n) is 19.1. The average Bonchev–Trinajstić information content (AvgIpc) is 2.85. The third-order valence-corrected chi connectivity index (χ3v) is 6.81. The minimum absolute atomic E-state index is 0.243. The van der Waals surface area contributed by atoms with Crippen LogP contribution in [0.1, 0.15) is 30.7 Å². The summed E-state index contributed by atoms with van der Waals surface area (Å²) < 4.78 is 28.3. The van der Waals surface area contributed by atoms with Crippen LogP contribution in [-0.4, -0.2) is 46.1 Å². The van der Waals surface area contributed by atoms with Gasteiger partial charge in [-0.15, -0.1) is 0 Å². The van der Waals surface area contributed by atoms with Gasteiger partial charge in [0.2, 0.25) is 0 Å². The highest BCUT2D eigenvalue weighted by atomic mass is 19.1. The molecular weight excluding hydrogens is 448 g/mol. The van der Waals surface area contributed by atoms with E-state index < -0.39 is 11.6 Å². The minimum Gasteiger partial charge on any atom is -0.353 e. The van der Waals surface area contributed by atoms with Gasteiger partial charge < -0.3 is 15.5 Å². The van der Waals surface area contributed by atoms with E-state index in [1.165, 1.54) is 30.2 Å². The summed E-state index contributed by atoms with van der Waals surface area (Å²) in [5.74, 6) is 0.875. The first-order valence-electron chi connectivity index (χ1n) is 12.0. The maximum atomic E-state index is 14.2. The highest BCUT2D eigenvalue weighted by Gasteiger charge is 2.26. The van der Waals surface area contributed by atoms with Crippen LogP contribution in [0.25, 0.3) is 22.3 Å². The highest BCUT2D eigenvalue weighted by molar-refractivity contribution is 5.94. The predicted molar refractivity (Wildman–Crippen MR) is 132 cm³/mol. The zero-order chi connectivity index (χ0) is 23.8. The summed E-state index contributed by atoms with van der Waals surface area (Å²) in [4.78, 5) is 21.0. The molecule has 7 nitrogen and oxygen atoms in total. The lowest BCUT2D eigenvalue weighted by atomic mass is 9.79. The SMILES string of the molecule is Fc1cccc(F)c1Nc1cc(-c2nc(N3CCNCC3)c3c(C4CCC4)cncc3n2)ccn1. The van der Waals surface area contributed by atoms with E-state index in [9.17, 15) is 8.78 Å². The van der Waals surface area contributed by atoms with E-state index in [-0.39, 0.29) is 5.69 Å². The predicted octanol–water partition coefficient (Wildman–Crippen LogP) is 4.79. The van der Waals surface area contributed by atoms with Gasteiger partial charge in [0.1, 0.15) is 29.0 Å². The number of rotatable bonds is 5. The lowest BCUT2D eigenvalue weighted by Gasteiger charge is -2.32. The molecule has 1 aromatic carbocycles. The summed E-state index contributed by atoms with van der Waals surface area (Å²) in [5, 5.41) is 7.24. The molecule has 0 unspecified atom stereocenters. The van der Waals surface area contributed by atoms with Crippen LogP contribution in [0, 0.1) is 11.6 Å². The van der Waals surface area contributed by atoms with Gasteiger partial charge >= 0.3 is 0 Å². The number of hydrogen-bond donors (Lipinski definition) is 2.